The zero-order valence-electron chi connectivity index (χ0n) is 20.8. The van der Waals surface area contributed by atoms with Crippen molar-refractivity contribution in [3.05, 3.63) is 89.4 Å². The first-order valence-corrected chi connectivity index (χ1v) is 12.1. The van der Waals surface area contributed by atoms with Crippen LogP contribution in [0.25, 0.3) is 6.08 Å². The Morgan fingerprint density at radius 1 is 0.971 bits per heavy atom. The standard InChI is InChI=1S/C29H32N4O2/c1-31(2)23-14-10-20(11-15-23)19-22-7-5-8-25-27(22)30-33(29(34)26-9-6-18-35-26)28(25)21-12-16-24(17-13-21)32(3)4/h6,9-19,25,28H,5,7-8H2,1-4H3/b22-19+/t25-,28-/m0/s1. The average Bonchev–Trinajstić information content (AvgIpc) is 3.53. The van der Waals surface area contributed by atoms with Gasteiger partial charge in [-0.3, -0.25) is 4.79 Å². The maximum Gasteiger partial charge on any atom is 0.310 e. The molecule has 5 rings (SSSR count). The van der Waals surface area contributed by atoms with Crippen molar-refractivity contribution in [2.75, 3.05) is 38.0 Å². The van der Waals surface area contributed by atoms with Gasteiger partial charge in [-0.15, -0.1) is 0 Å². The van der Waals surface area contributed by atoms with E-state index in [1.807, 2.05) is 28.2 Å². The van der Waals surface area contributed by atoms with Crippen molar-refractivity contribution in [3.8, 4) is 0 Å². The number of hydrogen-bond donors (Lipinski definition) is 0. The maximum absolute atomic E-state index is 13.5. The fourth-order valence-corrected chi connectivity index (χ4v) is 5.05. The molecule has 6 nitrogen and oxygen atoms in total. The summed E-state index contributed by atoms with van der Waals surface area (Å²) in [5.74, 6) is 0.265. The van der Waals surface area contributed by atoms with Gasteiger partial charge in [0.05, 0.1) is 18.0 Å². The fraction of sp³-hybridized carbons (Fsp3) is 0.310. The zero-order valence-corrected chi connectivity index (χ0v) is 20.8. The van der Waals surface area contributed by atoms with Crippen LogP contribution in [0.2, 0.25) is 0 Å². The van der Waals surface area contributed by atoms with Gasteiger partial charge in [0.1, 0.15) is 0 Å². The van der Waals surface area contributed by atoms with E-state index in [1.165, 1.54) is 17.5 Å². The van der Waals surface area contributed by atoms with E-state index in [1.54, 1.807) is 17.1 Å². The van der Waals surface area contributed by atoms with E-state index in [0.717, 1.165) is 41.8 Å². The lowest BCUT2D eigenvalue weighted by Crippen LogP contribution is -2.31. The van der Waals surface area contributed by atoms with Crippen molar-refractivity contribution in [2.24, 2.45) is 11.0 Å². The quantitative estimate of drug-likeness (QED) is 0.471. The molecule has 1 aliphatic carbocycles. The molecular formula is C29H32N4O2. The first-order valence-electron chi connectivity index (χ1n) is 12.1. The van der Waals surface area contributed by atoms with Crippen LogP contribution in [0.5, 0.6) is 0 Å². The molecular weight excluding hydrogens is 436 g/mol. The van der Waals surface area contributed by atoms with Gasteiger partial charge in [-0.2, -0.15) is 5.10 Å². The van der Waals surface area contributed by atoms with Crippen molar-refractivity contribution in [1.29, 1.82) is 0 Å². The predicted molar refractivity (Wildman–Crippen MR) is 142 cm³/mol. The molecule has 1 saturated carbocycles. The second-order valence-electron chi connectivity index (χ2n) is 9.70. The Hall–Kier alpha value is -3.80. The predicted octanol–water partition coefficient (Wildman–Crippen LogP) is 5.85. The van der Waals surface area contributed by atoms with Gasteiger partial charge in [-0.1, -0.05) is 24.3 Å². The second kappa shape index (κ2) is 9.45. The molecule has 0 bridgehead atoms. The van der Waals surface area contributed by atoms with Gasteiger partial charge in [0.2, 0.25) is 0 Å². The summed E-state index contributed by atoms with van der Waals surface area (Å²) in [5.41, 5.74) is 6.77. The van der Waals surface area contributed by atoms with E-state index in [2.05, 4.69) is 64.4 Å². The number of carbonyl (C=O) groups excluding carboxylic acids is 1. The Kier molecular flexibility index (Phi) is 6.20. The van der Waals surface area contributed by atoms with E-state index < -0.39 is 0 Å². The van der Waals surface area contributed by atoms with Crippen LogP contribution in [0.15, 0.2) is 82.0 Å². The SMILES string of the molecule is CN(C)c1ccc(/C=C2\CCC[C@H]3C2=NN(C(=O)c2ccco2)[C@H]3c2ccc(N(C)C)cc2)cc1. The third-order valence-electron chi connectivity index (χ3n) is 6.94. The number of fused-ring (bicyclic) bond motifs is 1. The lowest BCUT2D eigenvalue weighted by Gasteiger charge is -2.29. The highest BCUT2D eigenvalue weighted by atomic mass is 16.3. The van der Waals surface area contributed by atoms with Crippen LogP contribution in [-0.4, -0.2) is 44.8 Å². The van der Waals surface area contributed by atoms with Gasteiger partial charge in [-0.05, 0) is 78.4 Å². The van der Waals surface area contributed by atoms with Crippen LogP contribution in [0, 0.1) is 5.92 Å². The monoisotopic (exact) mass is 468 g/mol. The van der Waals surface area contributed by atoms with E-state index in [4.69, 9.17) is 9.52 Å². The highest BCUT2D eigenvalue weighted by Crippen LogP contribution is 2.45. The Labute approximate surface area is 207 Å². The summed E-state index contributed by atoms with van der Waals surface area (Å²) in [6, 6.07) is 20.3. The number of hydrogen-bond acceptors (Lipinski definition) is 5. The molecule has 3 aromatic rings. The fourth-order valence-electron chi connectivity index (χ4n) is 5.05. The summed E-state index contributed by atoms with van der Waals surface area (Å²) < 4.78 is 5.46. The Balaban J connectivity index is 1.53. The molecule has 1 aromatic heterocycles. The van der Waals surface area contributed by atoms with Gasteiger partial charge in [0.15, 0.2) is 5.76 Å². The number of furan rings is 1. The molecule has 0 spiro atoms. The molecule has 0 saturated heterocycles. The smallest absolute Gasteiger partial charge is 0.310 e. The topological polar surface area (TPSA) is 52.3 Å². The normalized spacial score (nSPS) is 20.5. The van der Waals surface area contributed by atoms with Crippen LogP contribution in [-0.2, 0) is 0 Å². The van der Waals surface area contributed by atoms with E-state index in [0.29, 0.717) is 5.76 Å². The largest absolute Gasteiger partial charge is 0.459 e. The minimum atomic E-state index is -0.201. The summed E-state index contributed by atoms with van der Waals surface area (Å²) in [5, 5.41) is 6.61. The van der Waals surface area contributed by atoms with Gasteiger partial charge in [0, 0.05) is 45.5 Å². The van der Waals surface area contributed by atoms with E-state index in [-0.39, 0.29) is 17.9 Å². The Morgan fingerprint density at radius 3 is 2.23 bits per heavy atom. The van der Waals surface area contributed by atoms with Gasteiger partial charge < -0.3 is 14.2 Å². The number of carbonyl (C=O) groups is 1. The third kappa shape index (κ3) is 4.48. The minimum absolute atomic E-state index is 0.153. The van der Waals surface area contributed by atoms with Crippen molar-refractivity contribution < 1.29 is 9.21 Å². The number of anilines is 2. The molecule has 2 heterocycles. The van der Waals surface area contributed by atoms with Gasteiger partial charge in [-0.25, -0.2) is 5.01 Å². The first-order chi connectivity index (χ1) is 16.9. The molecule has 0 N–H and O–H groups in total. The van der Waals surface area contributed by atoms with Gasteiger partial charge >= 0.3 is 5.91 Å². The van der Waals surface area contributed by atoms with E-state index in [9.17, 15) is 4.79 Å². The Bertz CT molecular complexity index is 1240. The lowest BCUT2D eigenvalue weighted by atomic mass is 9.77. The summed E-state index contributed by atoms with van der Waals surface area (Å²) >= 11 is 0. The average molecular weight is 469 g/mol. The second-order valence-corrected chi connectivity index (χ2v) is 9.70. The highest BCUT2D eigenvalue weighted by molar-refractivity contribution is 6.09. The molecule has 35 heavy (non-hydrogen) atoms. The molecule has 1 aliphatic heterocycles. The molecule has 2 atom stereocenters. The molecule has 2 aromatic carbocycles. The molecule has 0 unspecified atom stereocenters. The molecule has 2 aliphatic rings. The van der Waals surface area contributed by atoms with Crippen molar-refractivity contribution in [3.63, 3.8) is 0 Å². The Morgan fingerprint density at radius 2 is 1.63 bits per heavy atom. The molecule has 6 heteroatoms. The third-order valence-corrected chi connectivity index (χ3v) is 6.94. The zero-order chi connectivity index (χ0) is 24.5. The van der Waals surface area contributed by atoms with Gasteiger partial charge in [0.25, 0.3) is 0 Å². The number of amides is 1. The van der Waals surface area contributed by atoms with Crippen molar-refractivity contribution in [2.45, 2.75) is 25.3 Å². The van der Waals surface area contributed by atoms with Crippen LogP contribution in [0.3, 0.4) is 0 Å². The molecule has 0 radical (unpaired) electrons. The molecule has 1 amide bonds. The molecule has 180 valence electrons. The number of nitrogens with zero attached hydrogens (tertiary/aromatic N) is 4. The van der Waals surface area contributed by atoms with Crippen LogP contribution >= 0.6 is 0 Å². The van der Waals surface area contributed by atoms with Crippen LogP contribution in [0.1, 0.15) is 47.0 Å². The summed E-state index contributed by atoms with van der Waals surface area (Å²) in [6.45, 7) is 0. The van der Waals surface area contributed by atoms with E-state index >= 15 is 0 Å². The molecule has 1 fully saturated rings. The van der Waals surface area contributed by atoms with Crippen LogP contribution in [0.4, 0.5) is 11.4 Å². The number of allylic oxidation sites excluding steroid dienone is 1. The number of benzene rings is 2. The number of hydrazone groups is 1. The highest BCUT2D eigenvalue weighted by Gasteiger charge is 2.44. The maximum atomic E-state index is 13.5. The minimum Gasteiger partial charge on any atom is -0.459 e. The number of rotatable bonds is 5. The van der Waals surface area contributed by atoms with Crippen molar-refractivity contribution in [1.82, 2.24) is 5.01 Å². The van der Waals surface area contributed by atoms with Crippen LogP contribution < -0.4 is 9.80 Å². The lowest BCUT2D eigenvalue weighted by molar-refractivity contribution is 0.0648. The summed E-state index contributed by atoms with van der Waals surface area (Å²) in [4.78, 5) is 17.6. The summed E-state index contributed by atoms with van der Waals surface area (Å²) in [6.07, 6.45) is 6.79. The summed E-state index contributed by atoms with van der Waals surface area (Å²) in [7, 11) is 8.15. The van der Waals surface area contributed by atoms with Crippen molar-refractivity contribution >= 4 is 29.1 Å². The first kappa shape index (κ1) is 23.0.